The lowest BCUT2D eigenvalue weighted by atomic mass is 10.2. The molecule has 0 spiro atoms. The molecule has 6 heteroatoms. The Morgan fingerprint density at radius 1 is 1.25 bits per heavy atom. The number of aryl methyl sites for hydroxylation is 2. The van der Waals surface area contributed by atoms with Crippen LogP contribution in [0.25, 0.3) is 0 Å². The molecule has 2 aromatic rings. The van der Waals surface area contributed by atoms with E-state index >= 15 is 0 Å². The van der Waals surface area contributed by atoms with Crippen LogP contribution in [0, 0.1) is 13.8 Å². The molecule has 0 radical (unpaired) electrons. The Morgan fingerprint density at radius 2 is 1.95 bits per heavy atom. The van der Waals surface area contributed by atoms with E-state index in [1.54, 1.807) is 6.07 Å². The van der Waals surface area contributed by atoms with Gasteiger partial charge < -0.3 is 0 Å². The number of thiophene rings is 1. The average molecular weight is 436 g/mol. The van der Waals surface area contributed by atoms with Crippen molar-refractivity contribution in [3.63, 3.8) is 0 Å². The molecule has 0 N–H and O–H groups in total. The molecule has 0 aliphatic heterocycles. The summed E-state index contributed by atoms with van der Waals surface area (Å²) in [6.07, 6.45) is 0. The highest BCUT2D eigenvalue weighted by Gasteiger charge is 2.18. The first-order valence-corrected chi connectivity index (χ1v) is 9.54. The van der Waals surface area contributed by atoms with Crippen molar-refractivity contribution >= 4 is 59.8 Å². The molecule has 106 valence electrons. The van der Waals surface area contributed by atoms with Crippen LogP contribution in [0.4, 0.5) is 0 Å². The van der Waals surface area contributed by atoms with Gasteiger partial charge in [-0.2, -0.15) is 0 Å². The minimum absolute atomic E-state index is 0.00602. The lowest BCUT2D eigenvalue weighted by Crippen LogP contribution is -2.11. The third-order valence-corrected chi connectivity index (χ3v) is 6.60. The Kier molecular flexibility index (Phi) is 5.34. The molecule has 0 saturated carbocycles. The van der Waals surface area contributed by atoms with Gasteiger partial charge in [-0.25, -0.2) is 0 Å². The van der Waals surface area contributed by atoms with E-state index in [0.29, 0.717) is 5.56 Å². The van der Waals surface area contributed by atoms with Crippen molar-refractivity contribution in [3.8, 4) is 0 Å². The number of halogens is 2. The summed E-state index contributed by atoms with van der Waals surface area (Å²) in [6.45, 7) is 3.86. The topological polar surface area (TPSA) is 34.1 Å². The van der Waals surface area contributed by atoms with Gasteiger partial charge in [-0.1, -0.05) is 12.1 Å². The molecular weight excluding hydrogens is 424 g/mol. The Morgan fingerprint density at radius 3 is 2.55 bits per heavy atom. The summed E-state index contributed by atoms with van der Waals surface area (Å²) in [6, 6.07) is 7.56. The Balaban J connectivity index is 2.21. The molecule has 2 nitrogen and oxygen atoms in total. The molecule has 1 aromatic carbocycles. The normalized spacial score (nSPS) is 12.4. The zero-order chi connectivity index (χ0) is 14.9. The predicted octanol–water partition coefficient (Wildman–Crippen LogP) is 4.88. The number of Topliss-reactive ketones (excluding diaryl/α,β-unsaturated/α-hetero) is 1. The Hall–Kier alpha value is -0.300. The number of hydrogen-bond acceptors (Lipinski definition) is 3. The zero-order valence-corrected chi connectivity index (χ0v) is 15.7. The number of benzene rings is 1. The van der Waals surface area contributed by atoms with Crippen molar-refractivity contribution in [1.29, 1.82) is 0 Å². The first-order chi connectivity index (χ1) is 9.38. The van der Waals surface area contributed by atoms with E-state index in [2.05, 4.69) is 31.9 Å². The molecule has 0 fully saturated rings. The summed E-state index contributed by atoms with van der Waals surface area (Å²) in [5.41, 5.74) is 2.58. The lowest BCUT2D eigenvalue weighted by molar-refractivity contribution is 0.102. The molecule has 1 unspecified atom stereocenters. The number of carbonyl (C=O) groups is 1. The third kappa shape index (κ3) is 3.67. The van der Waals surface area contributed by atoms with Crippen LogP contribution in [0.3, 0.4) is 0 Å². The second-order valence-corrected chi connectivity index (χ2v) is 9.59. The molecule has 0 aliphatic rings. The molecular formula is C14H12Br2O2S2. The maximum atomic E-state index is 12.4. The maximum Gasteiger partial charge on any atom is 0.177 e. The lowest BCUT2D eigenvalue weighted by Gasteiger charge is -2.06. The summed E-state index contributed by atoms with van der Waals surface area (Å²) >= 11 is 8.14. The monoisotopic (exact) mass is 434 g/mol. The summed E-state index contributed by atoms with van der Waals surface area (Å²) in [5.74, 6) is -0.107. The van der Waals surface area contributed by atoms with Crippen LogP contribution in [-0.4, -0.2) is 15.7 Å². The Labute approximate surface area is 141 Å². The summed E-state index contributed by atoms with van der Waals surface area (Å²) in [4.78, 5) is 13.0. The van der Waals surface area contributed by atoms with Gasteiger partial charge in [0.05, 0.1) is 24.1 Å². The molecule has 0 bridgehead atoms. The van der Waals surface area contributed by atoms with Crippen LogP contribution < -0.4 is 0 Å². The number of ketones is 1. The Bertz CT molecular complexity index is 692. The van der Waals surface area contributed by atoms with E-state index in [1.165, 1.54) is 11.3 Å². The van der Waals surface area contributed by atoms with Gasteiger partial charge in [0, 0.05) is 10.5 Å². The number of rotatable bonds is 4. The molecule has 0 saturated heterocycles. The van der Waals surface area contributed by atoms with E-state index in [1.807, 2.05) is 32.0 Å². The zero-order valence-electron chi connectivity index (χ0n) is 10.9. The van der Waals surface area contributed by atoms with Crippen molar-refractivity contribution < 1.29 is 9.00 Å². The van der Waals surface area contributed by atoms with Crippen molar-refractivity contribution in [2.75, 3.05) is 5.75 Å². The van der Waals surface area contributed by atoms with Gasteiger partial charge in [0.15, 0.2) is 5.78 Å². The second-order valence-electron chi connectivity index (χ2n) is 4.42. The highest BCUT2D eigenvalue weighted by Crippen LogP contribution is 2.32. The minimum atomic E-state index is -1.32. The van der Waals surface area contributed by atoms with Crippen molar-refractivity contribution in [2.24, 2.45) is 0 Å². The SMILES string of the molecule is Cc1ccc(C)c(S(=O)CC(=O)c2cc(Br)sc2Br)c1. The van der Waals surface area contributed by atoms with E-state index in [9.17, 15) is 9.00 Å². The standard InChI is InChI=1S/C14H12Br2O2S2/c1-8-3-4-9(2)12(5-8)20(18)7-11(17)10-6-13(15)19-14(10)16/h3-6H,7H2,1-2H3. The van der Waals surface area contributed by atoms with Crippen LogP contribution in [0.5, 0.6) is 0 Å². The average Bonchev–Trinajstić information content (AvgIpc) is 2.71. The molecule has 0 aliphatic carbocycles. The molecule has 1 aromatic heterocycles. The summed E-state index contributed by atoms with van der Waals surface area (Å²) in [7, 11) is -1.32. The van der Waals surface area contributed by atoms with Gasteiger partial charge in [-0.3, -0.25) is 9.00 Å². The molecule has 0 amide bonds. The summed E-state index contributed by atoms with van der Waals surface area (Å²) < 4.78 is 14.0. The van der Waals surface area contributed by atoms with Crippen molar-refractivity contribution in [3.05, 3.63) is 48.5 Å². The van der Waals surface area contributed by atoms with E-state index in [-0.39, 0.29) is 11.5 Å². The largest absolute Gasteiger partial charge is 0.293 e. The quantitative estimate of drug-likeness (QED) is 0.641. The second kappa shape index (κ2) is 6.64. The van der Waals surface area contributed by atoms with Gasteiger partial charge in [0.2, 0.25) is 0 Å². The fraction of sp³-hybridized carbons (Fsp3) is 0.214. The smallest absolute Gasteiger partial charge is 0.177 e. The predicted molar refractivity (Wildman–Crippen MR) is 91.2 cm³/mol. The minimum Gasteiger partial charge on any atom is -0.293 e. The molecule has 1 atom stereocenters. The first kappa shape index (κ1) is 16.1. The number of hydrogen-bond donors (Lipinski definition) is 0. The molecule has 1 heterocycles. The van der Waals surface area contributed by atoms with Crippen molar-refractivity contribution in [2.45, 2.75) is 18.7 Å². The van der Waals surface area contributed by atoms with E-state index in [4.69, 9.17) is 0 Å². The molecule has 2 rings (SSSR count). The summed E-state index contributed by atoms with van der Waals surface area (Å²) in [5, 5.41) is 0. The van der Waals surface area contributed by atoms with Gasteiger partial charge in [0.1, 0.15) is 0 Å². The first-order valence-electron chi connectivity index (χ1n) is 5.82. The highest BCUT2D eigenvalue weighted by atomic mass is 79.9. The third-order valence-electron chi connectivity index (χ3n) is 2.81. The number of carbonyl (C=O) groups excluding carboxylic acids is 1. The van der Waals surface area contributed by atoms with Crippen molar-refractivity contribution in [1.82, 2.24) is 0 Å². The van der Waals surface area contributed by atoms with Crippen LogP contribution in [-0.2, 0) is 10.8 Å². The highest BCUT2D eigenvalue weighted by molar-refractivity contribution is 9.12. The van der Waals surface area contributed by atoms with Gasteiger partial charge in [0.25, 0.3) is 0 Å². The van der Waals surface area contributed by atoms with Crippen LogP contribution in [0.15, 0.2) is 36.7 Å². The fourth-order valence-corrected chi connectivity index (χ4v) is 5.91. The van der Waals surface area contributed by atoms with Crippen LogP contribution >= 0.6 is 43.2 Å². The van der Waals surface area contributed by atoms with Crippen LogP contribution in [0.2, 0.25) is 0 Å². The molecule has 20 heavy (non-hydrogen) atoms. The van der Waals surface area contributed by atoms with Crippen LogP contribution in [0.1, 0.15) is 21.5 Å². The van der Waals surface area contributed by atoms with Gasteiger partial charge in [-0.05, 0) is 69.0 Å². The van der Waals surface area contributed by atoms with E-state index in [0.717, 1.165) is 23.6 Å². The van der Waals surface area contributed by atoms with Gasteiger partial charge in [-0.15, -0.1) is 11.3 Å². The van der Waals surface area contributed by atoms with Gasteiger partial charge >= 0.3 is 0 Å². The fourth-order valence-electron chi connectivity index (χ4n) is 1.76. The van der Waals surface area contributed by atoms with E-state index < -0.39 is 10.8 Å². The maximum absolute atomic E-state index is 12.4.